The van der Waals surface area contributed by atoms with Crippen molar-refractivity contribution >= 4 is 5.97 Å². The smallest absolute Gasteiger partial charge is 0.311 e. The minimum Gasteiger partial charge on any atom is -0.481 e. The molecule has 0 aromatic carbocycles. The van der Waals surface area contributed by atoms with Crippen LogP contribution in [0, 0.1) is 5.41 Å². The van der Waals surface area contributed by atoms with Crippen molar-refractivity contribution in [3.05, 3.63) is 5.82 Å². The van der Waals surface area contributed by atoms with Crippen molar-refractivity contribution in [1.29, 1.82) is 0 Å². The Hall–Kier alpha value is -1.50. The highest BCUT2D eigenvalue weighted by Crippen LogP contribution is 2.37. The molecule has 1 aliphatic rings. The molecule has 7 nitrogen and oxygen atoms in total. The molecule has 0 saturated heterocycles. The van der Waals surface area contributed by atoms with E-state index < -0.39 is 11.4 Å². The first-order chi connectivity index (χ1) is 10.0. The zero-order chi connectivity index (χ0) is 15.3. The third-order valence-electron chi connectivity index (χ3n) is 4.12. The van der Waals surface area contributed by atoms with Crippen LogP contribution in [0.4, 0.5) is 0 Å². The third kappa shape index (κ3) is 4.00. The molecule has 1 N–H and O–H groups in total. The van der Waals surface area contributed by atoms with Crippen LogP contribution in [-0.2, 0) is 22.7 Å². The van der Waals surface area contributed by atoms with Gasteiger partial charge in [0.1, 0.15) is 6.61 Å². The quantitative estimate of drug-likeness (QED) is 0.808. The number of hydrogen-bond donors (Lipinski definition) is 1. The van der Waals surface area contributed by atoms with E-state index in [-0.39, 0.29) is 6.10 Å². The fourth-order valence-electron chi connectivity index (χ4n) is 2.82. The molecule has 1 aromatic rings. The van der Waals surface area contributed by atoms with Crippen LogP contribution in [0.5, 0.6) is 0 Å². The van der Waals surface area contributed by atoms with Crippen molar-refractivity contribution in [2.75, 3.05) is 0 Å². The highest BCUT2D eigenvalue weighted by atomic mass is 16.5. The number of ether oxygens (including phenoxy) is 1. The van der Waals surface area contributed by atoms with Gasteiger partial charge in [0.05, 0.1) is 18.1 Å². The SMILES string of the molecule is CC(C)OCc1nnnn1CC1(C(=O)O)CCCCCC1. The number of carboxylic acid groups (broad SMARTS) is 1. The Morgan fingerprint density at radius 2 is 2.00 bits per heavy atom. The summed E-state index contributed by atoms with van der Waals surface area (Å²) in [6.07, 6.45) is 5.57. The largest absolute Gasteiger partial charge is 0.481 e. The summed E-state index contributed by atoms with van der Waals surface area (Å²) in [4.78, 5) is 11.8. The van der Waals surface area contributed by atoms with E-state index in [1.807, 2.05) is 13.8 Å². The molecule has 1 aromatic heterocycles. The number of aromatic nitrogens is 4. The number of nitrogens with zero attached hydrogens (tertiary/aromatic N) is 4. The van der Waals surface area contributed by atoms with Crippen molar-refractivity contribution in [3.8, 4) is 0 Å². The maximum absolute atomic E-state index is 11.8. The first-order valence-corrected chi connectivity index (χ1v) is 7.63. The molecular formula is C14H24N4O3. The van der Waals surface area contributed by atoms with E-state index in [1.165, 1.54) is 0 Å². The van der Waals surface area contributed by atoms with E-state index in [2.05, 4.69) is 15.5 Å². The van der Waals surface area contributed by atoms with Gasteiger partial charge in [-0.2, -0.15) is 0 Å². The molecule has 0 spiro atoms. The highest BCUT2D eigenvalue weighted by molar-refractivity contribution is 5.74. The summed E-state index contributed by atoms with van der Waals surface area (Å²) in [5, 5.41) is 21.3. The zero-order valence-corrected chi connectivity index (χ0v) is 12.8. The van der Waals surface area contributed by atoms with Gasteiger partial charge in [-0.05, 0) is 37.1 Å². The molecule has 7 heteroatoms. The molecule has 0 unspecified atom stereocenters. The van der Waals surface area contributed by atoms with Gasteiger partial charge in [-0.15, -0.1) is 5.10 Å². The lowest BCUT2D eigenvalue weighted by Gasteiger charge is -2.27. The second-order valence-electron chi connectivity index (χ2n) is 6.11. The Kier molecular flexibility index (Phi) is 5.27. The average molecular weight is 296 g/mol. The minimum atomic E-state index is -0.752. The fraction of sp³-hybridized carbons (Fsp3) is 0.857. The van der Waals surface area contributed by atoms with Gasteiger partial charge >= 0.3 is 5.97 Å². The highest BCUT2D eigenvalue weighted by Gasteiger charge is 2.40. The van der Waals surface area contributed by atoms with Gasteiger partial charge in [-0.1, -0.05) is 25.7 Å². The van der Waals surface area contributed by atoms with Crippen molar-refractivity contribution in [2.45, 2.75) is 71.6 Å². The molecule has 1 aliphatic carbocycles. The third-order valence-corrected chi connectivity index (χ3v) is 4.12. The van der Waals surface area contributed by atoms with E-state index in [0.717, 1.165) is 25.7 Å². The van der Waals surface area contributed by atoms with Crippen LogP contribution in [0.25, 0.3) is 0 Å². The Morgan fingerprint density at radius 3 is 2.57 bits per heavy atom. The molecule has 1 saturated carbocycles. The van der Waals surface area contributed by atoms with E-state index in [9.17, 15) is 9.90 Å². The van der Waals surface area contributed by atoms with E-state index in [0.29, 0.717) is 31.8 Å². The lowest BCUT2D eigenvalue weighted by atomic mass is 9.80. The Bertz CT molecular complexity index is 465. The summed E-state index contributed by atoms with van der Waals surface area (Å²) in [7, 11) is 0. The summed E-state index contributed by atoms with van der Waals surface area (Å²) >= 11 is 0. The molecule has 0 bridgehead atoms. The van der Waals surface area contributed by atoms with Gasteiger partial charge in [-0.25, -0.2) is 4.68 Å². The maximum Gasteiger partial charge on any atom is 0.311 e. The number of hydrogen-bond acceptors (Lipinski definition) is 5. The summed E-state index contributed by atoms with van der Waals surface area (Å²) in [5.74, 6) is -0.149. The molecule has 0 atom stereocenters. The number of tetrazole rings is 1. The fourth-order valence-corrected chi connectivity index (χ4v) is 2.82. The number of carbonyl (C=O) groups is 1. The van der Waals surface area contributed by atoms with Crippen LogP contribution in [0.1, 0.15) is 58.2 Å². The molecule has 1 fully saturated rings. The lowest BCUT2D eigenvalue weighted by Crippen LogP contribution is -2.36. The van der Waals surface area contributed by atoms with Crippen LogP contribution >= 0.6 is 0 Å². The number of rotatable bonds is 6. The molecular weight excluding hydrogens is 272 g/mol. The maximum atomic E-state index is 11.8. The van der Waals surface area contributed by atoms with Gasteiger partial charge in [0.2, 0.25) is 0 Å². The van der Waals surface area contributed by atoms with Crippen LogP contribution in [0.3, 0.4) is 0 Å². The standard InChI is InChI=1S/C14H24N4O3/c1-11(2)21-9-12-15-16-17-18(12)10-14(13(19)20)7-5-3-4-6-8-14/h11H,3-10H2,1-2H3,(H,19,20). The molecule has 1 heterocycles. The summed E-state index contributed by atoms with van der Waals surface area (Å²) in [5.41, 5.74) is -0.752. The van der Waals surface area contributed by atoms with Crippen LogP contribution in [-0.4, -0.2) is 37.4 Å². The average Bonchev–Trinajstić information content (AvgIpc) is 2.71. The molecule has 0 aliphatic heterocycles. The Labute approximate surface area is 124 Å². The monoisotopic (exact) mass is 296 g/mol. The predicted octanol–water partition coefficient (Wildman–Crippen LogP) is 2.02. The lowest BCUT2D eigenvalue weighted by molar-refractivity contribution is -0.151. The minimum absolute atomic E-state index is 0.0847. The van der Waals surface area contributed by atoms with Crippen LogP contribution < -0.4 is 0 Å². The van der Waals surface area contributed by atoms with E-state index >= 15 is 0 Å². The van der Waals surface area contributed by atoms with Crippen molar-refractivity contribution < 1.29 is 14.6 Å². The second-order valence-corrected chi connectivity index (χ2v) is 6.11. The zero-order valence-electron chi connectivity index (χ0n) is 12.8. The van der Waals surface area contributed by atoms with Crippen molar-refractivity contribution in [2.24, 2.45) is 5.41 Å². The number of carboxylic acids is 1. The van der Waals surface area contributed by atoms with Crippen molar-refractivity contribution in [3.63, 3.8) is 0 Å². The molecule has 118 valence electrons. The van der Waals surface area contributed by atoms with E-state index in [4.69, 9.17) is 4.74 Å². The number of aliphatic carboxylic acids is 1. The first kappa shape index (κ1) is 15.9. The molecule has 2 rings (SSSR count). The molecule has 0 radical (unpaired) electrons. The van der Waals surface area contributed by atoms with Gasteiger partial charge in [0, 0.05) is 0 Å². The van der Waals surface area contributed by atoms with Crippen LogP contribution in [0.15, 0.2) is 0 Å². The van der Waals surface area contributed by atoms with E-state index in [1.54, 1.807) is 4.68 Å². The van der Waals surface area contributed by atoms with Gasteiger partial charge < -0.3 is 9.84 Å². The second kappa shape index (κ2) is 6.98. The topological polar surface area (TPSA) is 90.1 Å². The normalized spacial score (nSPS) is 18.6. The summed E-state index contributed by atoms with van der Waals surface area (Å²) in [6.45, 7) is 4.52. The van der Waals surface area contributed by atoms with Crippen LogP contribution in [0.2, 0.25) is 0 Å². The Balaban J connectivity index is 2.13. The molecule has 21 heavy (non-hydrogen) atoms. The van der Waals surface area contributed by atoms with Gasteiger partial charge in [0.25, 0.3) is 0 Å². The first-order valence-electron chi connectivity index (χ1n) is 7.63. The molecule has 0 amide bonds. The Morgan fingerprint density at radius 1 is 1.33 bits per heavy atom. The van der Waals surface area contributed by atoms with Gasteiger partial charge in [0.15, 0.2) is 5.82 Å². The van der Waals surface area contributed by atoms with Gasteiger partial charge in [-0.3, -0.25) is 4.79 Å². The summed E-state index contributed by atoms with van der Waals surface area (Å²) in [6, 6.07) is 0. The van der Waals surface area contributed by atoms with Crippen molar-refractivity contribution in [1.82, 2.24) is 20.2 Å². The summed E-state index contributed by atoms with van der Waals surface area (Å²) < 4.78 is 7.12. The predicted molar refractivity (Wildman–Crippen MR) is 75.5 cm³/mol.